The molecule has 0 fully saturated rings. The lowest BCUT2D eigenvalue weighted by molar-refractivity contribution is 0.103. The summed E-state index contributed by atoms with van der Waals surface area (Å²) in [5, 5.41) is 4.86. The molecule has 0 spiro atoms. The van der Waals surface area contributed by atoms with Gasteiger partial charge in [-0.15, -0.1) is 11.3 Å². The summed E-state index contributed by atoms with van der Waals surface area (Å²) in [4.78, 5) is 20.1. The third-order valence-corrected chi connectivity index (χ3v) is 5.38. The molecule has 0 unspecified atom stereocenters. The minimum atomic E-state index is -0.0701. The van der Waals surface area contributed by atoms with Gasteiger partial charge in [-0.25, -0.2) is 4.98 Å². The van der Waals surface area contributed by atoms with Crippen LogP contribution >= 0.6 is 11.3 Å². The molecule has 1 N–H and O–H groups in total. The lowest BCUT2D eigenvalue weighted by atomic mass is 10.2. The van der Waals surface area contributed by atoms with Gasteiger partial charge in [-0.2, -0.15) is 0 Å². The number of fused-ring (bicyclic) bond motifs is 3. The number of hydrogen-bond donors (Lipinski definition) is 1. The number of amides is 1. The largest absolute Gasteiger partial charge is 0.326 e. The van der Waals surface area contributed by atoms with Gasteiger partial charge in [-0.05, 0) is 43.5 Å². The fourth-order valence-corrected chi connectivity index (χ4v) is 3.78. The molecule has 0 atom stereocenters. The Bertz CT molecular complexity index is 882. The second-order valence-corrected chi connectivity index (χ2v) is 7.33. The summed E-state index contributed by atoms with van der Waals surface area (Å²) in [6, 6.07) is 10.2. The van der Waals surface area contributed by atoms with E-state index in [0.717, 1.165) is 42.2 Å². The third-order valence-electron chi connectivity index (χ3n) is 4.52. The van der Waals surface area contributed by atoms with Crippen LogP contribution in [0.15, 0.2) is 35.7 Å². The highest BCUT2D eigenvalue weighted by Gasteiger charge is 2.21. The monoisotopic (exact) mass is 340 g/mol. The highest BCUT2D eigenvalue weighted by atomic mass is 32.1. The van der Waals surface area contributed by atoms with Gasteiger partial charge in [0.15, 0.2) is 0 Å². The molecule has 1 aromatic carbocycles. The number of carbonyl (C=O) groups is 1. The second-order valence-electron chi connectivity index (χ2n) is 6.38. The van der Waals surface area contributed by atoms with Crippen LogP contribution < -0.4 is 5.32 Å². The maximum Gasteiger partial charge on any atom is 0.265 e. The molecule has 5 nitrogen and oxygen atoms in total. The van der Waals surface area contributed by atoms with Gasteiger partial charge in [0.05, 0.1) is 22.5 Å². The fourth-order valence-electron chi connectivity index (χ4n) is 3.16. The van der Waals surface area contributed by atoms with E-state index < -0.39 is 0 Å². The van der Waals surface area contributed by atoms with Gasteiger partial charge >= 0.3 is 0 Å². The number of carbonyl (C=O) groups excluding carboxylic acids is 1. The molecule has 0 aliphatic carbocycles. The van der Waals surface area contributed by atoms with Gasteiger partial charge in [-0.1, -0.05) is 6.07 Å². The Kier molecular flexibility index (Phi) is 3.86. The smallest absolute Gasteiger partial charge is 0.265 e. The van der Waals surface area contributed by atoms with Crippen LogP contribution in [0.3, 0.4) is 0 Å². The maximum absolute atomic E-state index is 12.2. The standard InChI is InChI=1S/C18H20N4OS/c1-12(2)21-7-8-22-15-6-5-13(10-14(15)20-17(22)11-21)19-18(23)16-4-3-9-24-16/h3-6,9-10,12H,7-8,11H2,1-2H3,(H,19,23). The van der Waals surface area contributed by atoms with Crippen molar-refractivity contribution in [1.82, 2.24) is 14.5 Å². The van der Waals surface area contributed by atoms with Crippen LogP contribution in [-0.2, 0) is 13.1 Å². The van der Waals surface area contributed by atoms with Crippen LogP contribution in [0, 0.1) is 0 Å². The molecular weight excluding hydrogens is 320 g/mol. The molecule has 124 valence electrons. The van der Waals surface area contributed by atoms with Crippen molar-refractivity contribution in [2.45, 2.75) is 33.0 Å². The van der Waals surface area contributed by atoms with Crippen LogP contribution in [0.25, 0.3) is 11.0 Å². The van der Waals surface area contributed by atoms with Crippen molar-refractivity contribution < 1.29 is 4.79 Å². The summed E-state index contributed by atoms with van der Waals surface area (Å²) in [5.41, 5.74) is 2.87. The molecule has 0 radical (unpaired) electrons. The molecule has 3 aromatic rings. The number of benzene rings is 1. The topological polar surface area (TPSA) is 50.2 Å². The van der Waals surface area contributed by atoms with Crippen LogP contribution in [-0.4, -0.2) is 32.9 Å². The Morgan fingerprint density at radius 1 is 1.29 bits per heavy atom. The minimum Gasteiger partial charge on any atom is -0.326 e. The van der Waals surface area contributed by atoms with Crippen molar-refractivity contribution in [2.75, 3.05) is 11.9 Å². The minimum absolute atomic E-state index is 0.0701. The average Bonchev–Trinajstić information content (AvgIpc) is 3.21. The molecule has 1 amide bonds. The Morgan fingerprint density at radius 2 is 2.17 bits per heavy atom. The van der Waals surface area contributed by atoms with Crippen LogP contribution in [0.4, 0.5) is 5.69 Å². The van der Waals surface area contributed by atoms with Crippen molar-refractivity contribution in [3.05, 3.63) is 46.4 Å². The molecule has 0 bridgehead atoms. The van der Waals surface area contributed by atoms with Gasteiger partial charge < -0.3 is 9.88 Å². The molecule has 3 heterocycles. The number of aromatic nitrogens is 2. The lowest BCUT2D eigenvalue weighted by Crippen LogP contribution is -2.38. The Hall–Kier alpha value is -2.18. The molecule has 2 aromatic heterocycles. The van der Waals surface area contributed by atoms with Crippen LogP contribution in [0.1, 0.15) is 29.3 Å². The predicted molar refractivity (Wildman–Crippen MR) is 97.6 cm³/mol. The predicted octanol–water partition coefficient (Wildman–Crippen LogP) is 3.57. The lowest BCUT2D eigenvalue weighted by Gasteiger charge is -2.30. The number of hydrogen-bond acceptors (Lipinski definition) is 4. The van der Waals surface area contributed by atoms with Gasteiger partial charge in [0.25, 0.3) is 5.91 Å². The number of nitrogens with zero attached hydrogens (tertiary/aromatic N) is 3. The van der Waals surface area contributed by atoms with E-state index in [2.05, 4.69) is 34.7 Å². The van der Waals surface area contributed by atoms with Gasteiger partial charge in [0.2, 0.25) is 0 Å². The van der Waals surface area contributed by atoms with E-state index in [1.54, 1.807) is 0 Å². The third kappa shape index (κ3) is 2.72. The molecule has 24 heavy (non-hydrogen) atoms. The number of anilines is 1. The SMILES string of the molecule is CC(C)N1CCn2c(nc3cc(NC(=O)c4cccs4)ccc32)C1. The first-order valence-corrected chi connectivity index (χ1v) is 9.08. The Morgan fingerprint density at radius 3 is 2.92 bits per heavy atom. The van der Waals surface area contributed by atoms with E-state index in [9.17, 15) is 4.79 Å². The fraction of sp³-hybridized carbons (Fsp3) is 0.333. The van der Waals surface area contributed by atoms with E-state index in [4.69, 9.17) is 4.98 Å². The highest BCUT2D eigenvalue weighted by molar-refractivity contribution is 7.12. The molecule has 6 heteroatoms. The Labute approximate surface area is 144 Å². The first-order valence-electron chi connectivity index (χ1n) is 8.20. The molecular formula is C18H20N4OS. The summed E-state index contributed by atoms with van der Waals surface area (Å²) in [6.45, 7) is 7.33. The number of thiophene rings is 1. The van der Waals surface area contributed by atoms with Gasteiger partial charge in [-0.3, -0.25) is 9.69 Å². The van der Waals surface area contributed by atoms with Gasteiger partial charge in [0.1, 0.15) is 5.82 Å². The molecule has 1 aliphatic rings. The number of nitrogens with one attached hydrogen (secondary N) is 1. The molecule has 4 rings (SSSR count). The molecule has 1 aliphatic heterocycles. The van der Waals surface area contributed by atoms with Crippen molar-refractivity contribution >= 4 is 34.0 Å². The normalized spacial score (nSPS) is 15.0. The maximum atomic E-state index is 12.2. The van der Waals surface area contributed by atoms with Crippen molar-refractivity contribution in [3.8, 4) is 0 Å². The summed E-state index contributed by atoms with van der Waals surface area (Å²) >= 11 is 1.44. The van der Waals surface area contributed by atoms with Crippen molar-refractivity contribution in [1.29, 1.82) is 0 Å². The zero-order chi connectivity index (χ0) is 16.7. The first-order chi connectivity index (χ1) is 11.6. The highest BCUT2D eigenvalue weighted by Crippen LogP contribution is 2.25. The van der Waals surface area contributed by atoms with E-state index in [1.165, 1.54) is 11.3 Å². The molecule has 0 saturated heterocycles. The van der Waals surface area contributed by atoms with E-state index >= 15 is 0 Å². The zero-order valence-corrected chi connectivity index (χ0v) is 14.6. The zero-order valence-electron chi connectivity index (χ0n) is 13.8. The quantitative estimate of drug-likeness (QED) is 0.793. The number of imidazole rings is 1. The van der Waals surface area contributed by atoms with E-state index in [0.29, 0.717) is 10.9 Å². The summed E-state index contributed by atoms with van der Waals surface area (Å²) in [7, 11) is 0. The molecule has 0 saturated carbocycles. The first kappa shape index (κ1) is 15.4. The van der Waals surface area contributed by atoms with Gasteiger partial charge in [0, 0.05) is 24.8 Å². The summed E-state index contributed by atoms with van der Waals surface area (Å²) in [5.74, 6) is 1.03. The summed E-state index contributed by atoms with van der Waals surface area (Å²) in [6.07, 6.45) is 0. The van der Waals surface area contributed by atoms with Crippen molar-refractivity contribution in [2.24, 2.45) is 0 Å². The van der Waals surface area contributed by atoms with Crippen LogP contribution in [0.5, 0.6) is 0 Å². The number of rotatable bonds is 3. The van der Waals surface area contributed by atoms with Crippen LogP contribution in [0.2, 0.25) is 0 Å². The summed E-state index contributed by atoms with van der Waals surface area (Å²) < 4.78 is 2.29. The average molecular weight is 340 g/mol. The van der Waals surface area contributed by atoms with Crippen molar-refractivity contribution in [3.63, 3.8) is 0 Å². The van der Waals surface area contributed by atoms with E-state index in [-0.39, 0.29) is 5.91 Å². The Balaban J connectivity index is 1.61. The van der Waals surface area contributed by atoms with E-state index in [1.807, 2.05) is 29.6 Å². The second kappa shape index (κ2) is 6.03.